The Morgan fingerprint density at radius 1 is 1.35 bits per heavy atom. The van der Waals surface area contributed by atoms with Crippen molar-refractivity contribution >= 4 is 0 Å². The molecule has 1 aliphatic carbocycles. The molecule has 0 bridgehead atoms. The maximum absolute atomic E-state index is 4.98. The van der Waals surface area contributed by atoms with Gasteiger partial charge in [0.1, 0.15) is 0 Å². The number of hydrogen-bond donors (Lipinski definition) is 1. The summed E-state index contributed by atoms with van der Waals surface area (Å²) in [6.07, 6.45) is 5.34. The summed E-state index contributed by atoms with van der Waals surface area (Å²) in [6.45, 7) is 7.20. The van der Waals surface area contributed by atoms with E-state index in [0.29, 0.717) is 11.9 Å². The summed E-state index contributed by atoms with van der Waals surface area (Å²) in [5.41, 5.74) is 0. The van der Waals surface area contributed by atoms with Crippen LogP contribution in [0.5, 0.6) is 0 Å². The molecule has 17 heavy (non-hydrogen) atoms. The van der Waals surface area contributed by atoms with E-state index in [2.05, 4.69) is 29.3 Å². The Balaban J connectivity index is 1.88. The van der Waals surface area contributed by atoms with Crippen molar-refractivity contribution in [3.05, 3.63) is 11.7 Å². The monoisotopic (exact) mass is 237 g/mol. The fourth-order valence-corrected chi connectivity index (χ4v) is 2.85. The second-order valence-electron chi connectivity index (χ2n) is 5.41. The van der Waals surface area contributed by atoms with E-state index in [4.69, 9.17) is 4.52 Å². The van der Waals surface area contributed by atoms with Crippen LogP contribution >= 0.6 is 0 Å². The largest absolute Gasteiger partial charge is 0.340 e. The van der Waals surface area contributed by atoms with Gasteiger partial charge in [0.15, 0.2) is 5.82 Å². The molecular weight excluding hydrogens is 214 g/mol. The summed E-state index contributed by atoms with van der Waals surface area (Å²) in [6, 6.07) is 0.613. The molecule has 2 unspecified atom stereocenters. The third-order valence-corrected chi connectivity index (χ3v) is 3.77. The first-order valence-electron chi connectivity index (χ1n) is 6.69. The molecule has 2 rings (SSSR count). The van der Waals surface area contributed by atoms with Crippen LogP contribution < -0.4 is 5.32 Å². The van der Waals surface area contributed by atoms with Crippen molar-refractivity contribution in [1.82, 2.24) is 15.5 Å². The lowest BCUT2D eigenvalue weighted by atomic mass is 9.78. The highest BCUT2D eigenvalue weighted by Gasteiger charge is 2.27. The molecular formula is C13H23N3O. The molecule has 1 heterocycles. The zero-order valence-electron chi connectivity index (χ0n) is 11.1. The molecule has 4 nitrogen and oxygen atoms in total. The molecule has 0 spiro atoms. The number of aromatic nitrogens is 2. The van der Waals surface area contributed by atoms with Gasteiger partial charge in [-0.15, -0.1) is 0 Å². The first-order chi connectivity index (χ1) is 8.16. The summed E-state index contributed by atoms with van der Waals surface area (Å²) in [5.74, 6) is 2.96. The minimum Gasteiger partial charge on any atom is -0.340 e. The van der Waals surface area contributed by atoms with Gasteiger partial charge in [-0.05, 0) is 24.7 Å². The quantitative estimate of drug-likeness (QED) is 0.874. The van der Waals surface area contributed by atoms with Crippen molar-refractivity contribution in [2.45, 2.75) is 59.0 Å². The van der Waals surface area contributed by atoms with Gasteiger partial charge in [-0.2, -0.15) is 4.98 Å². The van der Waals surface area contributed by atoms with Gasteiger partial charge >= 0.3 is 0 Å². The first-order valence-corrected chi connectivity index (χ1v) is 6.69. The Morgan fingerprint density at radius 3 is 2.76 bits per heavy atom. The second-order valence-corrected chi connectivity index (χ2v) is 5.41. The topological polar surface area (TPSA) is 51.0 Å². The zero-order valence-corrected chi connectivity index (χ0v) is 11.1. The Hall–Kier alpha value is -0.900. The molecule has 1 fully saturated rings. The molecule has 2 atom stereocenters. The third-order valence-electron chi connectivity index (χ3n) is 3.77. The normalized spacial score (nSPS) is 25.4. The first kappa shape index (κ1) is 12.6. The molecule has 1 aliphatic rings. The SMILES string of the molecule is Cc1nc(CNC2CCCCC2C(C)C)no1. The Kier molecular flexibility index (Phi) is 4.15. The molecule has 1 saturated carbocycles. The Labute approximate surface area is 103 Å². The van der Waals surface area contributed by atoms with Crippen LogP contribution in [0, 0.1) is 18.8 Å². The maximum Gasteiger partial charge on any atom is 0.223 e. The minimum atomic E-state index is 0.613. The predicted molar refractivity (Wildman–Crippen MR) is 66.5 cm³/mol. The van der Waals surface area contributed by atoms with Gasteiger partial charge in [0.05, 0.1) is 6.54 Å². The van der Waals surface area contributed by atoms with Crippen LogP contribution in [0.1, 0.15) is 51.2 Å². The molecule has 0 aliphatic heterocycles. The highest BCUT2D eigenvalue weighted by Crippen LogP contribution is 2.30. The van der Waals surface area contributed by atoms with Crippen LogP contribution in [-0.2, 0) is 6.54 Å². The van der Waals surface area contributed by atoms with Gasteiger partial charge in [-0.3, -0.25) is 0 Å². The summed E-state index contributed by atoms with van der Waals surface area (Å²) < 4.78 is 4.98. The standard InChI is InChI=1S/C13H23N3O/c1-9(2)11-6-4-5-7-12(11)14-8-13-15-10(3)17-16-13/h9,11-12,14H,4-8H2,1-3H3. The predicted octanol–water partition coefficient (Wildman–Crippen LogP) is 2.68. The van der Waals surface area contributed by atoms with Gasteiger partial charge in [0, 0.05) is 13.0 Å². The lowest BCUT2D eigenvalue weighted by molar-refractivity contribution is 0.203. The lowest BCUT2D eigenvalue weighted by Crippen LogP contribution is -2.40. The number of rotatable bonds is 4. The summed E-state index contributed by atoms with van der Waals surface area (Å²) in [7, 11) is 0. The number of nitrogens with one attached hydrogen (secondary N) is 1. The fraction of sp³-hybridized carbons (Fsp3) is 0.846. The van der Waals surface area contributed by atoms with E-state index in [1.54, 1.807) is 0 Å². The molecule has 1 aromatic rings. The van der Waals surface area contributed by atoms with E-state index < -0.39 is 0 Å². The van der Waals surface area contributed by atoms with Crippen molar-refractivity contribution in [2.24, 2.45) is 11.8 Å². The molecule has 1 N–H and O–H groups in total. The van der Waals surface area contributed by atoms with Gasteiger partial charge < -0.3 is 9.84 Å². The lowest BCUT2D eigenvalue weighted by Gasteiger charge is -2.34. The summed E-state index contributed by atoms with van der Waals surface area (Å²) in [4.78, 5) is 4.22. The van der Waals surface area contributed by atoms with Crippen LogP contribution in [0.3, 0.4) is 0 Å². The fourth-order valence-electron chi connectivity index (χ4n) is 2.85. The number of hydrogen-bond acceptors (Lipinski definition) is 4. The number of aryl methyl sites for hydroxylation is 1. The van der Waals surface area contributed by atoms with Crippen LogP contribution in [0.2, 0.25) is 0 Å². The highest BCUT2D eigenvalue weighted by molar-refractivity contribution is 4.87. The van der Waals surface area contributed by atoms with E-state index in [1.165, 1.54) is 25.7 Å². The zero-order chi connectivity index (χ0) is 12.3. The van der Waals surface area contributed by atoms with Crippen LogP contribution in [-0.4, -0.2) is 16.2 Å². The Bertz CT molecular complexity index is 348. The van der Waals surface area contributed by atoms with E-state index in [1.807, 2.05) is 6.92 Å². The van der Waals surface area contributed by atoms with E-state index in [-0.39, 0.29) is 0 Å². The average Bonchev–Trinajstić information content (AvgIpc) is 2.73. The van der Waals surface area contributed by atoms with Gasteiger partial charge in [0.2, 0.25) is 5.89 Å². The highest BCUT2D eigenvalue weighted by atomic mass is 16.5. The molecule has 4 heteroatoms. The smallest absolute Gasteiger partial charge is 0.223 e. The average molecular weight is 237 g/mol. The molecule has 0 radical (unpaired) electrons. The minimum absolute atomic E-state index is 0.613. The van der Waals surface area contributed by atoms with Crippen LogP contribution in [0.25, 0.3) is 0 Å². The molecule has 1 aromatic heterocycles. The van der Waals surface area contributed by atoms with Crippen molar-refractivity contribution in [1.29, 1.82) is 0 Å². The molecule has 0 aromatic carbocycles. The van der Waals surface area contributed by atoms with Crippen molar-refractivity contribution < 1.29 is 4.52 Å². The van der Waals surface area contributed by atoms with Gasteiger partial charge in [0.25, 0.3) is 0 Å². The molecule has 0 saturated heterocycles. The number of nitrogens with zero attached hydrogens (tertiary/aromatic N) is 2. The second kappa shape index (κ2) is 5.63. The Morgan fingerprint density at radius 2 is 2.12 bits per heavy atom. The van der Waals surface area contributed by atoms with Crippen molar-refractivity contribution in [3.63, 3.8) is 0 Å². The summed E-state index contributed by atoms with van der Waals surface area (Å²) in [5, 5.41) is 7.52. The maximum atomic E-state index is 4.98. The molecule has 0 amide bonds. The van der Waals surface area contributed by atoms with E-state index >= 15 is 0 Å². The van der Waals surface area contributed by atoms with E-state index in [9.17, 15) is 0 Å². The van der Waals surface area contributed by atoms with Crippen molar-refractivity contribution in [2.75, 3.05) is 0 Å². The van der Waals surface area contributed by atoms with Gasteiger partial charge in [-0.1, -0.05) is 31.8 Å². The van der Waals surface area contributed by atoms with E-state index in [0.717, 1.165) is 24.2 Å². The van der Waals surface area contributed by atoms with Gasteiger partial charge in [-0.25, -0.2) is 0 Å². The summed E-state index contributed by atoms with van der Waals surface area (Å²) >= 11 is 0. The van der Waals surface area contributed by atoms with Crippen molar-refractivity contribution in [3.8, 4) is 0 Å². The van der Waals surface area contributed by atoms with Crippen LogP contribution in [0.15, 0.2) is 4.52 Å². The molecule has 96 valence electrons. The third kappa shape index (κ3) is 3.28. The van der Waals surface area contributed by atoms with Crippen LogP contribution in [0.4, 0.5) is 0 Å².